The summed E-state index contributed by atoms with van der Waals surface area (Å²) in [5, 5.41) is 2.54. The molecule has 0 unspecified atom stereocenters. The minimum absolute atomic E-state index is 0.0942. The molecule has 0 N–H and O–H groups in total. The molecule has 0 atom stereocenters. The summed E-state index contributed by atoms with van der Waals surface area (Å²) in [5.41, 5.74) is 23.0. The molecule has 0 saturated carbocycles. The highest BCUT2D eigenvalue weighted by Crippen LogP contribution is 2.50. The zero-order valence-electron chi connectivity index (χ0n) is 32.4. The first-order valence-electron chi connectivity index (χ1n) is 20.1. The van der Waals surface area contributed by atoms with Gasteiger partial charge in [-0.1, -0.05) is 152 Å². The first-order valence-corrected chi connectivity index (χ1v) is 20.1. The number of benzene rings is 8. The molecule has 8 aromatic carbocycles. The lowest BCUT2D eigenvalue weighted by molar-refractivity contribution is 1.15. The second kappa shape index (κ2) is 12.4. The minimum atomic E-state index is -0.0942. The molecule has 0 amide bonds. The van der Waals surface area contributed by atoms with Gasteiger partial charge in [-0.15, -0.1) is 0 Å². The molecule has 9 aromatic rings. The summed E-state index contributed by atoms with van der Waals surface area (Å²) in [6.07, 6.45) is 2.25. The summed E-state index contributed by atoms with van der Waals surface area (Å²) in [5.74, 6) is 0. The Kier molecular flexibility index (Phi) is 7.01. The topological polar surface area (TPSA) is 11.4 Å². The number of nitrogens with zero attached hydrogens (tertiary/aromatic N) is 3. The molecular weight excluding hydrogens is 701 g/mol. The maximum Gasteiger partial charge on any atom is 0.333 e. The standard InChI is InChI=1S/C54H38BN3/c1-34-26-28-38(29-27-34)58-48-25-15-12-22-41(48)45-31-44(40-21-11-10-20-39(40)36-16-6-4-7-17-36)52-42-23-13-14-24-47(42)57-51-33-50-43(32-46(51)55(58)53(45)54(52)57)35(2)30-49(56(50)3)37-18-8-5-9-19-37/h4-33H,2H2,1,3H3. The molecule has 12 rings (SSSR count). The Bertz CT molecular complexity index is 3210. The highest BCUT2D eigenvalue weighted by molar-refractivity contribution is 6.93. The second-order valence-corrected chi connectivity index (χ2v) is 15.9. The van der Waals surface area contributed by atoms with Crippen molar-refractivity contribution in [3.63, 3.8) is 0 Å². The third kappa shape index (κ3) is 4.57. The van der Waals surface area contributed by atoms with Gasteiger partial charge in [0.2, 0.25) is 0 Å². The van der Waals surface area contributed by atoms with Crippen LogP contribution in [0.15, 0.2) is 189 Å². The number of para-hydroxylation sites is 2. The molecule has 0 bridgehead atoms. The first kappa shape index (κ1) is 32.9. The van der Waals surface area contributed by atoms with E-state index in [4.69, 9.17) is 6.58 Å². The third-order valence-corrected chi connectivity index (χ3v) is 12.7. The van der Waals surface area contributed by atoms with Crippen LogP contribution < -0.4 is 20.6 Å². The number of hydrogen-bond donors (Lipinski definition) is 0. The number of anilines is 3. The highest BCUT2D eigenvalue weighted by Gasteiger charge is 2.45. The van der Waals surface area contributed by atoms with E-state index in [1.54, 1.807) is 0 Å². The Labute approximate surface area is 339 Å². The molecule has 4 heterocycles. The molecule has 272 valence electrons. The minimum Gasteiger partial charge on any atom is -0.376 e. The summed E-state index contributed by atoms with van der Waals surface area (Å²) in [6, 6.07) is 65.0. The van der Waals surface area contributed by atoms with Gasteiger partial charge >= 0.3 is 6.85 Å². The van der Waals surface area contributed by atoms with Gasteiger partial charge in [-0.05, 0) is 99.3 Å². The van der Waals surface area contributed by atoms with Crippen molar-refractivity contribution in [1.82, 2.24) is 4.57 Å². The van der Waals surface area contributed by atoms with Crippen molar-refractivity contribution in [3.8, 4) is 39.1 Å². The fourth-order valence-electron chi connectivity index (χ4n) is 10.1. The Balaban J connectivity index is 1.24. The summed E-state index contributed by atoms with van der Waals surface area (Å²) < 4.78 is 2.59. The maximum absolute atomic E-state index is 4.70. The molecular formula is C54H38BN3. The van der Waals surface area contributed by atoms with Gasteiger partial charge in [0.15, 0.2) is 0 Å². The molecule has 3 nitrogen and oxygen atoms in total. The van der Waals surface area contributed by atoms with Gasteiger partial charge in [-0.3, -0.25) is 0 Å². The maximum atomic E-state index is 4.70. The summed E-state index contributed by atoms with van der Waals surface area (Å²) in [6.45, 7) is 6.77. The second-order valence-electron chi connectivity index (χ2n) is 15.9. The highest BCUT2D eigenvalue weighted by atomic mass is 15.1. The predicted molar refractivity (Wildman–Crippen MR) is 247 cm³/mol. The Morgan fingerprint density at radius 3 is 1.95 bits per heavy atom. The van der Waals surface area contributed by atoms with Gasteiger partial charge < -0.3 is 14.3 Å². The van der Waals surface area contributed by atoms with E-state index in [-0.39, 0.29) is 6.85 Å². The number of fused-ring (bicyclic) bond motifs is 9. The van der Waals surface area contributed by atoms with Crippen molar-refractivity contribution in [2.24, 2.45) is 0 Å². The summed E-state index contributed by atoms with van der Waals surface area (Å²) in [4.78, 5) is 4.95. The largest absolute Gasteiger partial charge is 0.376 e. The van der Waals surface area contributed by atoms with Crippen molar-refractivity contribution < 1.29 is 0 Å². The third-order valence-electron chi connectivity index (χ3n) is 12.7. The molecule has 58 heavy (non-hydrogen) atoms. The zero-order valence-corrected chi connectivity index (χ0v) is 32.4. The number of allylic oxidation sites excluding steroid dienone is 2. The molecule has 0 radical (unpaired) electrons. The SMILES string of the molecule is C=C1C=C(c2ccccc2)N(C)c2cc3c(cc21)B1c2c(cc(-c4ccccc4-c4ccccc4)c4c5ccccc5n-3c24)-c2ccccc2N1c1ccc(C)cc1. The van der Waals surface area contributed by atoms with Crippen LogP contribution in [0, 0.1) is 6.92 Å². The molecule has 1 aromatic heterocycles. The van der Waals surface area contributed by atoms with Gasteiger partial charge in [0, 0.05) is 51.7 Å². The van der Waals surface area contributed by atoms with Crippen molar-refractivity contribution in [1.29, 1.82) is 0 Å². The lowest BCUT2D eigenvalue weighted by Gasteiger charge is -2.43. The monoisotopic (exact) mass is 739 g/mol. The molecule has 0 fully saturated rings. The average Bonchev–Trinajstić information content (AvgIpc) is 3.63. The summed E-state index contributed by atoms with van der Waals surface area (Å²) >= 11 is 0. The molecule has 3 aliphatic heterocycles. The lowest BCUT2D eigenvalue weighted by Crippen LogP contribution is -2.60. The van der Waals surface area contributed by atoms with Crippen LogP contribution in [-0.2, 0) is 0 Å². The van der Waals surface area contributed by atoms with E-state index in [0.29, 0.717) is 0 Å². The number of aromatic nitrogens is 1. The zero-order chi connectivity index (χ0) is 38.6. The van der Waals surface area contributed by atoms with E-state index in [1.807, 2.05) is 0 Å². The summed E-state index contributed by atoms with van der Waals surface area (Å²) in [7, 11) is 2.20. The quantitative estimate of drug-likeness (QED) is 0.167. The van der Waals surface area contributed by atoms with Crippen LogP contribution in [0.3, 0.4) is 0 Å². The number of rotatable bonds is 4. The van der Waals surface area contributed by atoms with Crippen LogP contribution in [0.4, 0.5) is 17.1 Å². The van der Waals surface area contributed by atoms with E-state index in [0.717, 1.165) is 22.5 Å². The van der Waals surface area contributed by atoms with Gasteiger partial charge in [-0.25, -0.2) is 0 Å². The van der Waals surface area contributed by atoms with Gasteiger partial charge in [0.1, 0.15) is 0 Å². The molecule has 0 saturated heterocycles. The fourth-order valence-corrected chi connectivity index (χ4v) is 10.1. The smallest absolute Gasteiger partial charge is 0.333 e. The van der Waals surface area contributed by atoms with Gasteiger partial charge in [0.05, 0.1) is 16.7 Å². The first-order chi connectivity index (χ1) is 28.5. The van der Waals surface area contributed by atoms with E-state index in [9.17, 15) is 0 Å². The van der Waals surface area contributed by atoms with E-state index in [2.05, 4.69) is 210 Å². The van der Waals surface area contributed by atoms with Gasteiger partial charge in [0.25, 0.3) is 0 Å². The van der Waals surface area contributed by atoms with Gasteiger partial charge in [-0.2, -0.15) is 0 Å². The van der Waals surface area contributed by atoms with Crippen molar-refractivity contribution in [2.75, 3.05) is 16.8 Å². The van der Waals surface area contributed by atoms with Crippen molar-refractivity contribution >= 4 is 67.9 Å². The van der Waals surface area contributed by atoms with Crippen LogP contribution in [-0.4, -0.2) is 18.5 Å². The predicted octanol–water partition coefficient (Wildman–Crippen LogP) is 12.2. The van der Waals surface area contributed by atoms with E-state index >= 15 is 0 Å². The van der Waals surface area contributed by atoms with Crippen LogP contribution in [0.2, 0.25) is 0 Å². The lowest BCUT2D eigenvalue weighted by atomic mass is 9.43. The molecule has 0 aliphatic carbocycles. The van der Waals surface area contributed by atoms with Crippen LogP contribution >= 0.6 is 0 Å². The molecule has 0 spiro atoms. The fraction of sp³-hybridized carbons (Fsp3) is 0.0370. The normalized spacial score (nSPS) is 13.7. The van der Waals surface area contributed by atoms with Crippen molar-refractivity contribution in [3.05, 3.63) is 205 Å². The molecule has 3 aliphatic rings. The van der Waals surface area contributed by atoms with E-state index in [1.165, 1.54) is 94.3 Å². The Morgan fingerprint density at radius 2 is 1.17 bits per heavy atom. The number of aryl methyl sites for hydroxylation is 1. The van der Waals surface area contributed by atoms with E-state index < -0.39 is 0 Å². The molecule has 4 heteroatoms. The van der Waals surface area contributed by atoms with Crippen LogP contribution in [0.1, 0.15) is 16.7 Å². The average molecular weight is 740 g/mol. The van der Waals surface area contributed by atoms with Crippen molar-refractivity contribution in [2.45, 2.75) is 6.92 Å². The Morgan fingerprint density at radius 1 is 0.517 bits per heavy atom. The Hall–Kier alpha value is -7.30. The van der Waals surface area contributed by atoms with Crippen LogP contribution in [0.25, 0.3) is 72.1 Å². The number of hydrogen-bond acceptors (Lipinski definition) is 2. The van der Waals surface area contributed by atoms with Crippen LogP contribution in [0.5, 0.6) is 0 Å².